The first kappa shape index (κ1) is 17.6. The van der Waals surface area contributed by atoms with Crippen molar-refractivity contribution in [3.8, 4) is 0 Å². The number of halogens is 1. The Morgan fingerprint density at radius 2 is 1.84 bits per heavy atom. The van der Waals surface area contributed by atoms with E-state index in [9.17, 15) is 9.90 Å². The van der Waals surface area contributed by atoms with E-state index in [1.54, 1.807) is 13.0 Å². The van der Waals surface area contributed by atoms with E-state index in [4.69, 9.17) is 0 Å². The Kier molecular flexibility index (Phi) is 5.16. The van der Waals surface area contributed by atoms with E-state index in [0.29, 0.717) is 5.56 Å². The van der Waals surface area contributed by atoms with Crippen LogP contribution in [0.4, 0.5) is 0 Å². The summed E-state index contributed by atoms with van der Waals surface area (Å²) in [5, 5.41) is 14.2. The van der Waals surface area contributed by atoms with Crippen molar-refractivity contribution in [3.63, 3.8) is 0 Å². The molecule has 3 rings (SSSR count). The van der Waals surface area contributed by atoms with E-state index >= 15 is 0 Å². The first-order valence-corrected chi connectivity index (χ1v) is 8.86. The van der Waals surface area contributed by atoms with Gasteiger partial charge in [0.15, 0.2) is 0 Å². The molecule has 2 aromatic carbocycles. The number of carbonyl (C=O) groups excluding carboxylic acids is 1. The second-order valence-electron chi connectivity index (χ2n) is 6.09. The Bertz CT molecular complexity index is 909. The zero-order valence-electron chi connectivity index (χ0n) is 14.0. The Balaban J connectivity index is 1.83. The van der Waals surface area contributed by atoms with Gasteiger partial charge in [0, 0.05) is 15.6 Å². The number of aliphatic hydroxyl groups excluding tert-OH is 1. The van der Waals surface area contributed by atoms with Crippen LogP contribution in [0.2, 0.25) is 0 Å². The Labute approximate surface area is 155 Å². The molecule has 0 saturated heterocycles. The molecule has 2 atom stereocenters. The highest BCUT2D eigenvalue weighted by Crippen LogP contribution is 2.21. The van der Waals surface area contributed by atoms with E-state index in [0.717, 1.165) is 26.6 Å². The van der Waals surface area contributed by atoms with Gasteiger partial charge in [0.1, 0.15) is 0 Å². The molecule has 25 heavy (non-hydrogen) atoms. The highest BCUT2D eigenvalue weighted by molar-refractivity contribution is 9.10. The van der Waals surface area contributed by atoms with Crippen molar-refractivity contribution >= 4 is 32.7 Å². The van der Waals surface area contributed by atoms with Crippen LogP contribution in [-0.2, 0) is 0 Å². The van der Waals surface area contributed by atoms with Gasteiger partial charge < -0.3 is 10.4 Å². The molecular formula is C20H19BrN2O2. The summed E-state index contributed by atoms with van der Waals surface area (Å²) in [7, 11) is 0. The molecule has 1 aromatic heterocycles. The smallest absolute Gasteiger partial charge is 0.252 e. The average Bonchev–Trinajstić information content (AvgIpc) is 2.60. The predicted molar refractivity (Wildman–Crippen MR) is 103 cm³/mol. The van der Waals surface area contributed by atoms with Crippen molar-refractivity contribution in [3.05, 3.63) is 75.9 Å². The third-order valence-corrected chi connectivity index (χ3v) is 4.66. The number of pyridine rings is 1. The van der Waals surface area contributed by atoms with Crippen molar-refractivity contribution in [2.45, 2.75) is 26.0 Å². The van der Waals surface area contributed by atoms with Crippen LogP contribution in [0.5, 0.6) is 0 Å². The molecule has 2 N–H and O–H groups in total. The summed E-state index contributed by atoms with van der Waals surface area (Å²) in [4.78, 5) is 17.2. The second-order valence-corrected chi connectivity index (χ2v) is 7.00. The first-order valence-electron chi connectivity index (χ1n) is 8.06. The SMILES string of the molecule is Cc1cc(C(=O)N[C@H](C)[C@@H](O)c2ccc(Br)cc2)c2ccccc2n1. The molecule has 3 aromatic rings. The maximum absolute atomic E-state index is 12.8. The van der Waals surface area contributed by atoms with Gasteiger partial charge in [-0.3, -0.25) is 9.78 Å². The van der Waals surface area contributed by atoms with E-state index in [1.807, 2.05) is 55.5 Å². The molecule has 0 aliphatic heterocycles. The fourth-order valence-corrected chi connectivity index (χ4v) is 3.07. The lowest BCUT2D eigenvalue weighted by Crippen LogP contribution is -2.37. The molecule has 0 saturated carbocycles. The number of para-hydroxylation sites is 1. The number of benzene rings is 2. The number of nitrogens with zero attached hydrogens (tertiary/aromatic N) is 1. The summed E-state index contributed by atoms with van der Waals surface area (Å²) in [6.45, 7) is 3.66. The van der Waals surface area contributed by atoms with Gasteiger partial charge in [-0.1, -0.05) is 46.3 Å². The molecule has 0 aliphatic rings. The van der Waals surface area contributed by atoms with Gasteiger partial charge in [-0.2, -0.15) is 0 Å². The molecule has 4 nitrogen and oxygen atoms in total. The molecule has 0 unspecified atom stereocenters. The van der Waals surface area contributed by atoms with Gasteiger partial charge in [-0.05, 0) is 43.7 Å². The van der Waals surface area contributed by atoms with Gasteiger partial charge in [0.25, 0.3) is 5.91 Å². The van der Waals surface area contributed by atoms with Crippen molar-refractivity contribution in [1.82, 2.24) is 10.3 Å². The summed E-state index contributed by atoms with van der Waals surface area (Å²) < 4.78 is 0.943. The molecule has 5 heteroatoms. The van der Waals surface area contributed by atoms with Crippen LogP contribution in [0.25, 0.3) is 10.9 Å². The number of fused-ring (bicyclic) bond motifs is 1. The Morgan fingerprint density at radius 3 is 2.56 bits per heavy atom. The zero-order valence-corrected chi connectivity index (χ0v) is 15.6. The van der Waals surface area contributed by atoms with Gasteiger partial charge >= 0.3 is 0 Å². The lowest BCUT2D eigenvalue weighted by molar-refractivity contribution is 0.0853. The molecule has 0 spiro atoms. The minimum Gasteiger partial charge on any atom is -0.386 e. The lowest BCUT2D eigenvalue weighted by atomic mass is 10.0. The highest BCUT2D eigenvalue weighted by Gasteiger charge is 2.20. The van der Waals surface area contributed by atoms with Gasteiger partial charge in [0.2, 0.25) is 0 Å². The third kappa shape index (κ3) is 3.89. The van der Waals surface area contributed by atoms with E-state index < -0.39 is 12.1 Å². The van der Waals surface area contributed by atoms with E-state index in [1.165, 1.54) is 0 Å². The number of hydrogen-bond acceptors (Lipinski definition) is 3. The largest absolute Gasteiger partial charge is 0.386 e. The van der Waals surface area contributed by atoms with Crippen molar-refractivity contribution in [2.75, 3.05) is 0 Å². The van der Waals surface area contributed by atoms with Gasteiger partial charge in [-0.15, -0.1) is 0 Å². The van der Waals surface area contributed by atoms with Crippen molar-refractivity contribution < 1.29 is 9.90 Å². The van der Waals surface area contributed by atoms with Crippen LogP contribution in [0, 0.1) is 6.92 Å². The zero-order chi connectivity index (χ0) is 18.0. The second kappa shape index (κ2) is 7.33. The lowest BCUT2D eigenvalue weighted by Gasteiger charge is -2.21. The predicted octanol–water partition coefficient (Wildman–Crippen LogP) is 4.16. The van der Waals surface area contributed by atoms with Gasteiger partial charge in [-0.25, -0.2) is 0 Å². The third-order valence-electron chi connectivity index (χ3n) is 4.13. The molecule has 128 valence electrons. The molecule has 1 heterocycles. The topological polar surface area (TPSA) is 62.2 Å². The Hall–Kier alpha value is -2.24. The van der Waals surface area contributed by atoms with Crippen LogP contribution in [-0.4, -0.2) is 22.0 Å². The number of hydrogen-bond donors (Lipinski definition) is 2. The number of carbonyl (C=O) groups is 1. The number of amides is 1. The summed E-state index contributed by atoms with van der Waals surface area (Å²) in [6, 6.07) is 16.3. The van der Waals surface area contributed by atoms with E-state index in [-0.39, 0.29) is 5.91 Å². The van der Waals surface area contributed by atoms with E-state index in [2.05, 4.69) is 26.2 Å². The Morgan fingerprint density at radius 1 is 1.16 bits per heavy atom. The average molecular weight is 399 g/mol. The number of aliphatic hydroxyl groups is 1. The quantitative estimate of drug-likeness (QED) is 0.693. The molecular weight excluding hydrogens is 380 g/mol. The van der Waals surface area contributed by atoms with Gasteiger partial charge in [0.05, 0.1) is 23.2 Å². The minimum absolute atomic E-state index is 0.217. The maximum Gasteiger partial charge on any atom is 0.252 e. The molecule has 0 aliphatic carbocycles. The van der Waals surface area contributed by atoms with Crippen LogP contribution >= 0.6 is 15.9 Å². The highest BCUT2D eigenvalue weighted by atomic mass is 79.9. The summed E-state index contributed by atoms with van der Waals surface area (Å²) >= 11 is 3.37. The first-order chi connectivity index (χ1) is 12.0. The summed E-state index contributed by atoms with van der Waals surface area (Å²) in [5.41, 5.74) is 2.89. The fraction of sp³-hybridized carbons (Fsp3) is 0.200. The van der Waals surface area contributed by atoms with Crippen LogP contribution in [0.3, 0.4) is 0 Å². The number of rotatable bonds is 4. The summed E-state index contributed by atoms with van der Waals surface area (Å²) in [5.74, 6) is -0.217. The van der Waals surface area contributed by atoms with Crippen LogP contribution in [0.1, 0.15) is 34.6 Å². The number of aryl methyl sites for hydroxylation is 1. The molecule has 1 amide bonds. The van der Waals surface area contributed by atoms with Crippen molar-refractivity contribution in [2.24, 2.45) is 0 Å². The minimum atomic E-state index is -0.786. The van der Waals surface area contributed by atoms with Crippen molar-refractivity contribution in [1.29, 1.82) is 0 Å². The number of nitrogens with one attached hydrogen (secondary N) is 1. The molecule has 0 radical (unpaired) electrons. The summed E-state index contributed by atoms with van der Waals surface area (Å²) in [6.07, 6.45) is -0.786. The molecule has 0 fully saturated rings. The normalized spacial score (nSPS) is 13.4. The standard InChI is InChI=1S/C20H19BrN2O2/c1-12-11-17(16-5-3-4-6-18(16)22-12)20(25)23-13(2)19(24)14-7-9-15(21)10-8-14/h3-11,13,19,24H,1-2H3,(H,23,25)/t13-,19-/m1/s1. The van der Waals surface area contributed by atoms with Crippen LogP contribution in [0.15, 0.2) is 59.1 Å². The fourth-order valence-electron chi connectivity index (χ4n) is 2.81. The maximum atomic E-state index is 12.8. The monoisotopic (exact) mass is 398 g/mol. The van der Waals surface area contributed by atoms with Crippen LogP contribution < -0.4 is 5.32 Å². The molecule has 0 bridgehead atoms. The number of aromatic nitrogens is 1.